The van der Waals surface area contributed by atoms with Gasteiger partial charge in [-0.15, -0.1) is 0 Å². The fourth-order valence-electron chi connectivity index (χ4n) is 4.07. The number of hydrogen-bond donors (Lipinski definition) is 0. The molecule has 1 unspecified atom stereocenters. The molecule has 4 rings (SSSR count). The number of imidazole rings is 1. The summed E-state index contributed by atoms with van der Waals surface area (Å²) in [5.41, 5.74) is 1.25. The zero-order valence-corrected chi connectivity index (χ0v) is 15.8. The summed E-state index contributed by atoms with van der Waals surface area (Å²) in [5, 5.41) is 4.26. The molecule has 0 radical (unpaired) electrons. The lowest BCUT2D eigenvalue weighted by Crippen LogP contribution is -2.55. The van der Waals surface area contributed by atoms with Crippen LogP contribution in [0.1, 0.15) is 50.0 Å². The quantitative estimate of drug-likeness (QED) is 0.774. The van der Waals surface area contributed by atoms with E-state index in [2.05, 4.69) is 45.6 Å². The van der Waals surface area contributed by atoms with Gasteiger partial charge in [0.2, 0.25) is 0 Å². The van der Waals surface area contributed by atoms with Crippen LogP contribution in [0.5, 0.6) is 0 Å². The van der Waals surface area contributed by atoms with Gasteiger partial charge >= 0.3 is 0 Å². The second-order valence-corrected chi connectivity index (χ2v) is 8.70. The molecular formula is C19H29N5O. The second-order valence-electron chi connectivity index (χ2n) is 8.70. The Labute approximate surface area is 149 Å². The Bertz CT molecular complexity index is 728. The van der Waals surface area contributed by atoms with Gasteiger partial charge in [-0.05, 0) is 32.9 Å². The van der Waals surface area contributed by atoms with E-state index in [1.165, 1.54) is 18.7 Å². The van der Waals surface area contributed by atoms with E-state index in [1.54, 1.807) is 0 Å². The summed E-state index contributed by atoms with van der Waals surface area (Å²) >= 11 is 0. The van der Waals surface area contributed by atoms with Crippen molar-refractivity contribution in [3.63, 3.8) is 0 Å². The van der Waals surface area contributed by atoms with Gasteiger partial charge in [-0.2, -0.15) is 0 Å². The molecule has 2 aliphatic rings. The Hall–Kier alpha value is -1.66. The fraction of sp³-hybridized carbons (Fsp3) is 0.684. The summed E-state index contributed by atoms with van der Waals surface area (Å²) < 4.78 is 7.84. The monoisotopic (exact) mass is 343 g/mol. The highest BCUT2D eigenvalue weighted by atomic mass is 16.5. The van der Waals surface area contributed by atoms with E-state index in [9.17, 15) is 0 Å². The van der Waals surface area contributed by atoms with Crippen molar-refractivity contribution in [2.24, 2.45) is 11.3 Å². The van der Waals surface area contributed by atoms with Gasteiger partial charge in [-0.1, -0.05) is 19.0 Å². The van der Waals surface area contributed by atoms with Crippen molar-refractivity contribution in [2.75, 3.05) is 20.6 Å². The standard InChI is InChI=1S/C19H29N5O/c1-19(2)13-24(11-15-9-16(25-21-15)12-22(3)4)17(19)18-20-7-8-23(18)10-14-5-6-14/h7-9,14,17H,5-6,10-13H2,1-4H3. The Balaban J connectivity index is 1.48. The maximum absolute atomic E-state index is 5.47. The lowest BCUT2D eigenvalue weighted by Gasteiger charge is -2.53. The van der Waals surface area contributed by atoms with Crippen molar-refractivity contribution in [3.05, 3.63) is 35.7 Å². The summed E-state index contributed by atoms with van der Waals surface area (Å²) in [7, 11) is 4.08. The van der Waals surface area contributed by atoms with Gasteiger partial charge in [0, 0.05) is 43.5 Å². The van der Waals surface area contributed by atoms with Crippen LogP contribution in [0.3, 0.4) is 0 Å². The Morgan fingerprint density at radius 1 is 1.32 bits per heavy atom. The van der Waals surface area contributed by atoms with Gasteiger partial charge in [-0.25, -0.2) is 4.98 Å². The van der Waals surface area contributed by atoms with E-state index in [1.807, 2.05) is 20.3 Å². The summed E-state index contributed by atoms with van der Waals surface area (Å²) in [6, 6.07) is 2.43. The molecule has 6 nitrogen and oxygen atoms in total. The minimum atomic E-state index is 0.239. The molecule has 0 amide bonds. The molecule has 2 aromatic rings. The molecule has 2 fully saturated rings. The molecule has 1 aliphatic heterocycles. The van der Waals surface area contributed by atoms with Crippen molar-refractivity contribution in [1.29, 1.82) is 0 Å². The molecule has 0 spiro atoms. The van der Waals surface area contributed by atoms with Gasteiger partial charge in [0.05, 0.1) is 18.3 Å². The van der Waals surface area contributed by atoms with E-state index < -0.39 is 0 Å². The molecule has 25 heavy (non-hydrogen) atoms. The Kier molecular flexibility index (Phi) is 4.20. The molecule has 0 aromatic carbocycles. The minimum absolute atomic E-state index is 0.239. The third-order valence-corrected chi connectivity index (χ3v) is 5.30. The number of nitrogens with zero attached hydrogens (tertiary/aromatic N) is 5. The lowest BCUT2D eigenvalue weighted by molar-refractivity contribution is -0.0665. The van der Waals surface area contributed by atoms with Gasteiger partial charge in [0.25, 0.3) is 0 Å². The van der Waals surface area contributed by atoms with Crippen LogP contribution in [0.15, 0.2) is 23.0 Å². The first-order valence-corrected chi connectivity index (χ1v) is 9.26. The third-order valence-electron chi connectivity index (χ3n) is 5.30. The van der Waals surface area contributed by atoms with Crippen LogP contribution in [0.2, 0.25) is 0 Å². The molecule has 0 N–H and O–H groups in total. The van der Waals surface area contributed by atoms with Crippen LogP contribution < -0.4 is 0 Å². The van der Waals surface area contributed by atoms with Crippen LogP contribution >= 0.6 is 0 Å². The van der Waals surface area contributed by atoms with Crippen molar-refractivity contribution < 1.29 is 4.52 Å². The molecular weight excluding hydrogens is 314 g/mol. The predicted octanol–water partition coefficient (Wildman–Crippen LogP) is 2.93. The molecule has 1 aliphatic carbocycles. The van der Waals surface area contributed by atoms with Gasteiger partial charge in [0.1, 0.15) is 5.82 Å². The van der Waals surface area contributed by atoms with E-state index in [4.69, 9.17) is 9.51 Å². The number of rotatable bonds is 7. The fourth-order valence-corrected chi connectivity index (χ4v) is 4.07. The highest BCUT2D eigenvalue weighted by molar-refractivity contribution is 5.15. The topological polar surface area (TPSA) is 50.3 Å². The van der Waals surface area contributed by atoms with E-state index in [0.717, 1.165) is 43.6 Å². The highest BCUT2D eigenvalue weighted by Gasteiger charge is 2.48. The molecule has 3 heterocycles. The SMILES string of the molecule is CN(C)Cc1cc(CN2CC(C)(C)C2c2nccn2CC2CC2)no1. The average Bonchev–Trinajstić information content (AvgIpc) is 3.06. The molecule has 1 saturated carbocycles. The van der Waals surface area contributed by atoms with E-state index >= 15 is 0 Å². The second kappa shape index (κ2) is 6.25. The first-order chi connectivity index (χ1) is 11.9. The maximum atomic E-state index is 5.47. The average molecular weight is 343 g/mol. The van der Waals surface area contributed by atoms with Crippen molar-refractivity contribution in [1.82, 2.24) is 24.5 Å². The molecule has 2 aromatic heterocycles. The van der Waals surface area contributed by atoms with Gasteiger partial charge in [0.15, 0.2) is 5.76 Å². The zero-order chi connectivity index (χ0) is 17.6. The van der Waals surface area contributed by atoms with Crippen LogP contribution in [-0.4, -0.2) is 45.1 Å². The summed E-state index contributed by atoms with van der Waals surface area (Å²) in [4.78, 5) is 9.29. The zero-order valence-electron chi connectivity index (χ0n) is 15.8. The van der Waals surface area contributed by atoms with Crippen LogP contribution in [-0.2, 0) is 19.6 Å². The maximum Gasteiger partial charge on any atom is 0.150 e. The Morgan fingerprint density at radius 3 is 2.80 bits per heavy atom. The number of hydrogen-bond acceptors (Lipinski definition) is 5. The molecule has 1 saturated heterocycles. The normalized spacial score (nSPS) is 23.2. The summed E-state index contributed by atoms with van der Waals surface area (Å²) in [6.07, 6.45) is 6.83. The minimum Gasteiger partial charge on any atom is -0.360 e. The Morgan fingerprint density at radius 2 is 2.12 bits per heavy atom. The van der Waals surface area contributed by atoms with E-state index in [0.29, 0.717) is 6.04 Å². The predicted molar refractivity (Wildman–Crippen MR) is 95.8 cm³/mol. The van der Waals surface area contributed by atoms with Crippen LogP contribution in [0, 0.1) is 11.3 Å². The van der Waals surface area contributed by atoms with Crippen LogP contribution in [0.25, 0.3) is 0 Å². The number of likely N-dealkylation sites (tertiary alicyclic amines) is 1. The highest BCUT2D eigenvalue weighted by Crippen LogP contribution is 2.48. The van der Waals surface area contributed by atoms with Crippen molar-refractivity contribution >= 4 is 0 Å². The van der Waals surface area contributed by atoms with Crippen molar-refractivity contribution in [3.8, 4) is 0 Å². The van der Waals surface area contributed by atoms with Crippen LogP contribution in [0.4, 0.5) is 0 Å². The lowest BCUT2D eigenvalue weighted by atomic mass is 9.74. The molecule has 0 bridgehead atoms. The first-order valence-electron chi connectivity index (χ1n) is 9.26. The van der Waals surface area contributed by atoms with Crippen molar-refractivity contribution in [2.45, 2.75) is 52.4 Å². The molecule has 6 heteroatoms. The van der Waals surface area contributed by atoms with E-state index in [-0.39, 0.29) is 5.41 Å². The number of aromatic nitrogens is 3. The smallest absolute Gasteiger partial charge is 0.150 e. The summed E-state index contributed by atoms with van der Waals surface area (Å²) in [5.74, 6) is 2.99. The molecule has 136 valence electrons. The summed E-state index contributed by atoms with van der Waals surface area (Å²) in [6.45, 7) is 8.46. The van der Waals surface area contributed by atoms with Gasteiger partial charge in [-0.3, -0.25) is 4.90 Å². The third kappa shape index (κ3) is 3.51. The van der Waals surface area contributed by atoms with Gasteiger partial charge < -0.3 is 14.0 Å². The largest absolute Gasteiger partial charge is 0.360 e. The molecule has 1 atom stereocenters. The first kappa shape index (κ1) is 16.8.